The maximum atomic E-state index is 11.8. The Morgan fingerprint density at radius 1 is 1.15 bits per heavy atom. The molecule has 1 amide bonds. The first-order valence-corrected chi connectivity index (χ1v) is 6.33. The number of carbonyl (C=O) groups is 1. The zero-order valence-corrected chi connectivity index (χ0v) is 11.4. The average Bonchev–Trinajstić information content (AvgIpc) is 2.46. The van der Waals surface area contributed by atoms with Crippen LogP contribution in [-0.4, -0.2) is 15.9 Å². The molecule has 2 aromatic rings. The van der Waals surface area contributed by atoms with Gasteiger partial charge in [0.15, 0.2) is 0 Å². The van der Waals surface area contributed by atoms with Gasteiger partial charge in [0.05, 0.1) is 5.56 Å². The van der Waals surface area contributed by atoms with Gasteiger partial charge in [-0.3, -0.25) is 9.59 Å². The Morgan fingerprint density at radius 2 is 1.80 bits per heavy atom. The molecule has 0 aliphatic carbocycles. The van der Waals surface area contributed by atoms with Gasteiger partial charge in [-0.1, -0.05) is 36.5 Å². The number of thiocarbonyl (C=S) groups is 1. The smallest absolute Gasteiger partial charge is 0.253 e. The largest absolute Gasteiger partial charge is 0.389 e. The Balaban J connectivity index is 1.98. The van der Waals surface area contributed by atoms with Gasteiger partial charge in [0.1, 0.15) is 4.99 Å². The number of amides is 1. The van der Waals surface area contributed by atoms with E-state index in [2.05, 4.69) is 10.3 Å². The fraction of sp³-hybridized carbons (Fsp3) is 0.0714. The van der Waals surface area contributed by atoms with Crippen molar-refractivity contribution in [2.75, 3.05) is 0 Å². The number of rotatable bonds is 4. The molecule has 4 N–H and O–H groups in total. The molecule has 102 valence electrons. The molecule has 0 fully saturated rings. The van der Waals surface area contributed by atoms with Crippen molar-refractivity contribution in [3.63, 3.8) is 0 Å². The summed E-state index contributed by atoms with van der Waals surface area (Å²) in [6.45, 7) is 0.384. The Bertz CT molecular complexity index is 672. The topological polar surface area (TPSA) is 88.0 Å². The highest BCUT2D eigenvalue weighted by Gasteiger charge is 2.05. The Morgan fingerprint density at radius 3 is 2.35 bits per heavy atom. The van der Waals surface area contributed by atoms with Crippen LogP contribution in [0.1, 0.15) is 21.5 Å². The predicted octanol–water partition coefficient (Wildman–Crippen LogP) is 0.939. The van der Waals surface area contributed by atoms with E-state index in [4.69, 9.17) is 18.0 Å². The van der Waals surface area contributed by atoms with E-state index < -0.39 is 0 Å². The summed E-state index contributed by atoms with van der Waals surface area (Å²) in [5, 5.41) is 2.76. The quantitative estimate of drug-likeness (QED) is 0.730. The van der Waals surface area contributed by atoms with Crippen LogP contribution in [0, 0.1) is 0 Å². The lowest BCUT2D eigenvalue weighted by Gasteiger charge is -2.06. The lowest BCUT2D eigenvalue weighted by atomic mass is 10.1. The van der Waals surface area contributed by atoms with Crippen LogP contribution in [0.5, 0.6) is 0 Å². The van der Waals surface area contributed by atoms with Gasteiger partial charge in [-0.2, -0.15) is 0 Å². The van der Waals surface area contributed by atoms with Crippen LogP contribution < -0.4 is 16.6 Å². The number of aromatic amines is 1. The number of nitrogens with two attached hydrogens (primary N) is 1. The molecule has 2 rings (SSSR count). The lowest BCUT2D eigenvalue weighted by Crippen LogP contribution is -2.23. The molecule has 20 heavy (non-hydrogen) atoms. The summed E-state index contributed by atoms with van der Waals surface area (Å²) in [5.74, 6) is -0.250. The molecule has 0 spiro atoms. The maximum absolute atomic E-state index is 11.8. The molecular formula is C14H13N3O2S. The summed E-state index contributed by atoms with van der Waals surface area (Å²) in [4.78, 5) is 25.5. The van der Waals surface area contributed by atoms with E-state index in [1.807, 2.05) is 24.3 Å². The normalized spacial score (nSPS) is 10.0. The highest BCUT2D eigenvalue weighted by atomic mass is 32.1. The van der Waals surface area contributed by atoms with Crippen molar-refractivity contribution in [1.29, 1.82) is 0 Å². The van der Waals surface area contributed by atoms with Crippen LogP contribution >= 0.6 is 12.2 Å². The molecule has 0 unspecified atom stereocenters. The van der Waals surface area contributed by atoms with E-state index in [0.717, 1.165) is 11.1 Å². The second-order valence-electron chi connectivity index (χ2n) is 4.19. The van der Waals surface area contributed by atoms with Crippen LogP contribution in [-0.2, 0) is 6.54 Å². The number of carbonyl (C=O) groups excluding carboxylic acids is 1. The van der Waals surface area contributed by atoms with E-state index >= 15 is 0 Å². The third kappa shape index (κ3) is 3.52. The number of pyridine rings is 1. The van der Waals surface area contributed by atoms with Crippen LogP contribution in [0.25, 0.3) is 0 Å². The monoisotopic (exact) mass is 287 g/mol. The molecule has 0 atom stereocenters. The van der Waals surface area contributed by atoms with Gasteiger partial charge in [0, 0.05) is 24.4 Å². The van der Waals surface area contributed by atoms with Crippen molar-refractivity contribution >= 4 is 23.1 Å². The van der Waals surface area contributed by atoms with Crippen LogP contribution in [0.15, 0.2) is 47.4 Å². The van der Waals surface area contributed by atoms with Crippen LogP contribution in [0.3, 0.4) is 0 Å². The van der Waals surface area contributed by atoms with Crippen molar-refractivity contribution in [1.82, 2.24) is 10.3 Å². The first-order chi connectivity index (χ1) is 9.56. The second kappa shape index (κ2) is 6.12. The zero-order chi connectivity index (χ0) is 14.5. The number of nitrogens with one attached hydrogen (secondary N) is 2. The predicted molar refractivity (Wildman–Crippen MR) is 80.6 cm³/mol. The first kappa shape index (κ1) is 14.0. The first-order valence-electron chi connectivity index (χ1n) is 5.92. The molecule has 0 aliphatic rings. The minimum Gasteiger partial charge on any atom is -0.389 e. The fourth-order valence-electron chi connectivity index (χ4n) is 1.62. The van der Waals surface area contributed by atoms with Crippen molar-refractivity contribution in [3.05, 3.63) is 69.6 Å². The third-order valence-electron chi connectivity index (χ3n) is 2.74. The van der Waals surface area contributed by atoms with Gasteiger partial charge < -0.3 is 16.0 Å². The molecular weight excluding hydrogens is 274 g/mol. The van der Waals surface area contributed by atoms with Crippen LogP contribution in [0.4, 0.5) is 0 Å². The lowest BCUT2D eigenvalue weighted by molar-refractivity contribution is 0.0950. The van der Waals surface area contributed by atoms with Crippen LogP contribution in [0.2, 0.25) is 0 Å². The van der Waals surface area contributed by atoms with E-state index in [-0.39, 0.29) is 11.5 Å². The molecule has 0 radical (unpaired) electrons. The number of hydrogen-bond donors (Lipinski definition) is 3. The van der Waals surface area contributed by atoms with Gasteiger partial charge in [-0.05, 0) is 11.6 Å². The number of benzene rings is 1. The minimum absolute atomic E-state index is 0.241. The summed E-state index contributed by atoms with van der Waals surface area (Å²) in [6, 6.07) is 10.1. The van der Waals surface area contributed by atoms with E-state index in [0.29, 0.717) is 17.1 Å². The molecule has 6 heteroatoms. The molecule has 5 nitrogen and oxygen atoms in total. The Kier molecular flexibility index (Phi) is 4.27. The molecule has 1 heterocycles. The fourth-order valence-corrected chi connectivity index (χ4v) is 1.76. The van der Waals surface area contributed by atoms with Crippen molar-refractivity contribution in [3.8, 4) is 0 Å². The van der Waals surface area contributed by atoms with Crippen molar-refractivity contribution < 1.29 is 4.79 Å². The van der Waals surface area contributed by atoms with E-state index in [1.54, 1.807) is 0 Å². The van der Waals surface area contributed by atoms with Crippen molar-refractivity contribution in [2.45, 2.75) is 6.54 Å². The van der Waals surface area contributed by atoms with Gasteiger partial charge in [0.25, 0.3) is 5.91 Å². The van der Waals surface area contributed by atoms with Gasteiger partial charge in [-0.25, -0.2) is 0 Å². The molecule has 1 aromatic heterocycles. The molecule has 0 saturated carbocycles. The van der Waals surface area contributed by atoms with E-state index in [9.17, 15) is 9.59 Å². The standard InChI is InChI=1S/C14H13N3O2S/c15-13(20)10-3-1-9(2-4-10)7-17-14(19)11-5-6-12(18)16-8-11/h1-6,8H,7H2,(H2,15,20)(H,16,18)(H,17,19). The SMILES string of the molecule is NC(=S)c1ccc(CNC(=O)c2ccc(=O)[nH]c2)cc1. The minimum atomic E-state index is -0.250. The molecule has 1 aromatic carbocycles. The zero-order valence-electron chi connectivity index (χ0n) is 10.6. The highest BCUT2D eigenvalue weighted by molar-refractivity contribution is 7.80. The summed E-state index contributed by atoms with van der Waals surface area (Å²) in [5.41, 5.74) is 7.39. The average molecular weight is 287 g/mol. The van der Waals surface area contributed by atoms with Gasteiger partial charge >= 0.3 is 0 Å². The number of aromatic nitrogens is 1. The summed E-state index contributed by atoms with van der Waals surface area (Å²) in [7, 11) is 0. The van der Waals surface area contributed by atoms with Crippen molar-refractivity contribution in [2.24, 2.45) is 5.73 Å². The van der Waals surface area contributed by atoms with Gasteiger partial charge in [0.2, 0.25) is 5.56 Å². The second-order valence-corrected chi connectivity index (χ2v) is 4.63. The van der Waals surface area contributed by atoms with E-state index in [1.165, 1.54) is 18.3 Å². The summed E-state index contributed by atoms with van der Waals surface area (Å²) in [6.07, 6.45) is 1.38. The third-order valence-corrected chi connectivity index (χ3v) is 2.97. The molecule has 0 saturated heterocycles. The van der Waals surface area contributed by atoms with Gasteiger partial charge in [-0.15, -0.1) is 0 Å². The highest BCUT2D eigenvalue weighted by Crippen LogP contribution is 2.04. The Hall–Kier alpha value is -2.47. The molecule has 0 bridgehead atoms. The summed E-state index contributed by atoms with van der Waals surface area (Å²) >= 11 is 4.86. The molecule has 0 aliphatic heterocycles. The number of H-pyrrole nitrogens is 1. The Labute approximate surface area is 120 Å². The number of hydrogen-bond acceptors (Lipinski definition) is 3. The summed E-state index contributed by atoms with van der Waals surface area (Å²) < 4.78 is 0. The maximum Gasteiger partial charge on any atom is 0.253 e.